The van der Waals surface area contributed by atoms with Crippen molar-refractivity contribution < 1.29 is 34.1 Å². The summed E-state index contributed by atoms with van der Waals surface area (Å²) in [5.41, 5.74) is 5.27. The molecule has 276 valence electrons. The fourth-order valence-corrected chi connectivity index (χ4v) is 8.62. The average Bonchev–Trinajstić information content (AvgIpc) is 3.98. The summed E-state index contributed by atoms with van der Waals surface area (Å²) in [5, 5.41) is 24.3. The molecular weight excluding hydrogens is 644 g/mol. The third-order valence-corrected chi connectivity index (χ3v) is 11.4. The van der Waals surface area contributed by atoms with Crippen LogP contribution in [-0.2, 0) is 14.4 Å². The Bertz CT molecular complexity index is 1620. The number of oxime groups is 1. The van der Waals surface area contributed by atoms with Gasteiger partial charge in [-0.3, -0.25) is 4.79 Å². The second-order valence-electron chi connectivity index (χ2n) is 14.8. The monoisotopic (exact) mass is 700 g/mol. The van der Waals surface area contributed by atoms with Crippen molar-refractivity contribution in [3.05, 3.63) is 77.4 Å². The van der Waals surface area contributed by atoms with Crippen LogP contribution in [0.25, 0.3) is 0 Å². The molecule has 0 aromatic heterocycles. The Balaban J connectivity index is 1.55. The van der Waals surface area contributed by atoms with Gasteiger partial charge < -0.3 is 34.2 Å². The molecule has 9 heteroatoms. The Kier molecular flexibility index (Phi) is 11.9. The Morgan fingerprint density at radius 2 is 1.76 bits per heavy atom. The van der Waals surface area contributed by atoms with Crippen molar-refractivity contribution in [2.45, 2.75) is 96.3 Å². The van der Waals surface area contributed by atoms with E-state index in [0.717, 1.165) is 84.6 Å². The van der Waals surface area contributed by atoms with Crippen molar-refractivity contribution in [2.24, 2.45) is 28.8 Å². The molecule has 0 radical (unpaired) electrons. The number of likely N-dealkylation sites (N-methyl/N-ethyl adjacent to an activating group) is 1. The number of carbonyl (C=O) groups excluding carboxylic acids is 1. The van der Waals surface area contributed by atoms with Gasteiger partial charge in [0, 0.05) is 44.1 Å². The molecule has 2 aromatic rings. The van der Waals surface area contributed by atoms with Crippen LogP contribution in [0.2, 0.25) is 0 Å². The van der Waals surface area contributed by atoms with Gasteiger partial charge in [-0.15, -0.1) is 6.58 Å². The fourth-order valence-electron chi connectivity index (χ4n) is 8.62. The summed E-state index contributed by atoms with van der Waals surface area (Å²) in [6.07, 6.45) is 11.3. The second-order valence-corrected chi connectivity index (χ2v) is 14.8. The van der Waals surface area contributed by atoms with Gasteiger partial charge in [-0.2, -0.15) is 0 Å². The molecule has 0 unspecified atom stereocenters. The zero-order valence-electron chi connectivity index (χ0n) is 30.8. The van der Waals surface area contributed by atoms with E-state index in [1.54, 1.807) is 6.08 Å². The topological polar surface area (TPSA) is 110 Å². The largest absolute Gasteiger partial charge is 0.459 e. The lowest BCUT2D eigenvalue weighted by molar-refractivity contribution is -0.255. The number of amides is 1. The molecule has 9 nitrogen and oxygen atoms in total. The predicted molar refractivity (Wildman–Crippen MR) is 198 cm³/mol. The summed E-state index contributed by atoms with van der Waals surface area (Å²) in [5.74, 6) is 1.04. The molecule has 2 saturated carbocycles. The summed E-state index contributed by atoms with van der Waals surface area (Å²) >= 11 is 0. The van der Waals surface area contributed by atoms with Crippen LogP contribution in [0.1, 0.15) is 87.3 Å². The van der Waals surface area contributed by atoms with Gasteiger partial charge in [0.25, 0.3) is 0 Å². The number of aliphatic hydroxyl groups is 2. The van der Waals surface area contributed by atoms with E-state index in [2.05, 4.69) is 44.7 Å². The van der Waals surface area contributed by atoms with Gasteiger partial charge in [-0.25, -0.2) is 0 Å². The van der Waals surface area contributed by atoms with Crippen LogP contribution >= 0.6 is 0 Å². The minimum absolute atomic E-state index is 0.0148. The van der Waals surface area contributed by atoms with Gasteiger partial charge in [0.1, 0.15) is 29.9 Å². The van der Waals surface area contributed by atoms with E-state index < -0.39 is 11.8 Å². The van der Waals surface area contributed by atoms with Crippen LogP contribution in [0, 0.1) is 37.5 Å². The Morgan fingerprint density at radius 3 is 2.45 bits per heavy atom. The maximum Gasteiger partial charge on any atom is 0.239 e. The van der Waals surface area contributed by atoms with Gasteiger partial charge in [-0.05, 0) is 118 Å². The number of nitrogens with zero attached hydrogens (tertiary/aromatic N) is 2. The number of rotatable bonds is 17. The molecule has 2 N–H and O–H groups in total. The standard InChI is InChI=1S/C42H56N2O7/c1-6-22-48-42-38(44(5)41(47)29-15-16-29)26-36(43-49-7-2)34-24-30(12-8-10-20-45)33(13-9-11-21-46)39(40(34)42)35-25-32(18-19-37(35)51-42)50-31-17-14-27(3)28(4)23-31/h6,14,17-19,23-25,29-30,33,38-40,45-46H,1,7-13,15-16,20-22,26H2,2-5H3/t30-,33+,38-,39+,40+,42+/m0/s1. The van der Waals surface area contributed by atoms with Gasteiger partial charge in [-0.1, -0.05) is 36.2 Å². The van der Waals surface area contributed by atoms with E-state index in [0.29, 0.717) is 19.4 Å². The predicted octanol–water partition coefficient (Wildman–Crippen LogP) is 7.62. The Hall–Kier alpha value is -3.66. The molecule has 6 rings (SSSR count). The molecule has 1 amide bonds. The number of benzene rings is 2. The summed E-state index contributed by atoms with van der Waals surface area (Å²) in [6, 6.07) is 11.7. The highest BCUT2D eigenvalue weighted by Gasteiger charge is 2.65. The number of allylic oxidation sites excluding steroid dienone is 1. The Labute approximate surface area is 303 Å². The molecular formula is C42H56N2O7. The SMILES string of the molecule is C=CCO[C@@]12Oc3ccc(Oc4ccc(C)c(C)c4)cc3[C@H]3[C@H](CCCCO)[C@@H](CCCCO)C=C(C(=NOCC)C[C@@H]1N(C)C(=O)C1CC1)[C@H]32. The first-order valence-corrected chi connectivity index (χ1v) is 19.0. The number of aryl methyl sites for hydroxylation is 2. The molecule has 0 spiro atoms. The highest BCUT2D eigenvalue weighted by molar-refractivity contribution is 6.03. The number of unbranched alkanes of at least 4 members (excludes halogenated alkanes) is 2. The molecule has 3 aliphatic carbocycles. The van der Waals surface area contributed by atoms with Gasteiger partial charge in [0.15, 0.2) is 0 Å². The normalized spacial score (nSPS) is 27.1. The summed E-state index contributed by atoms with van der Waals surface area (Å²) in [4.78, 5) is 21.5. The first-order chi connectivity index (χ1) is 24.8. The van der Waals surface area contributed by atoms with Crippen molar-refractivity contribution >= 4 is 11.6 Å². The molecule has 0 saturated heterocycles. The summed E-state index contributed by atoms with van der Waals surface area (Å²) in [7, 11) is 1.88. The molecule has 1 heterocycles. The maximum absolute atomic E-state index is 13.9. The number of carbonyl (C=O) groups is 1. The van der Waals surface area contributed by atoms with Crippen molar-refractivity contribution in [1.29, 1.82) is 0 Å². The lowest BCUT2D eigenvalue weighted by Gasteiger charge is -2.59. The van der Waals surface area contributed by atoms with E-state index in [-0.39, 0.29) is 55.3 Å². The van der Waals surface area contributed by atoms with Crippen LogP contribution in [0.3, 0.4) is 0 Å². The highest BCUT2D eigenvalue weighted by Crippen LogP contribution is 2.62. The van der Waals surface area contributed by atoms with E-state index >= 15 is 0 Å². The van der Waals surface area contributed by atoms with Crippen LogP contribution in [0.15, 0.2) is 65.9 Å². The quantitative estimate of drug-likeness (QED) is 0.0993. The number of ether oxygens (including phenoxy) is 3. The summed E-state index contributed by atoms with van der Waals surface area (Å²) in [6.45, 7) is 11.1. The van der Waals surface area contributed by atoms with Gasteiger partial charge in [0.2, 0.25) is 11.7 Å². The molecule has 4 aliphatic rings. The summed E-state index contributed by atoms with van der Waals surface area (Å²) < 4.78 is 20.7. The minimum atomic E-state index is -1.22. The van der Waals surface area contributed by atoms with E-state index in [4.69, 9.17) is 24.2 Å². The van der Waals surface area contributed by atoms with E-state index in [1.807, 2.05) is 37.1 Å². The van der Waals surface area contributed by atoms with Crippen molar-refractivity contribution in [1.82, 2.24) is 4.90 Å². The number of aliphatic hydroxyl groups excluding tert-OH is 2. The number of hydrogen-bond donors (Lipinski definition) is 2. The highest BCUT2D eigenvalue weighted by atomic mass is 16.7. The zero-order valence-corrected chi connectivity index (χ0v) is 30.8. The Morgan fingerprint density at radius 1 is 1.04 bits per heavy atom. The maximum atomic E-state index is 13.9. The first-order valence-electron chi connectivity index (χ1n) is 19.0. The number of hydrogen-bond acceptors (Lipinski definition) is 8. The zero-order chi connectivity index (χ0) is 36.1. The first kappa shape index (κ1) is 37.1. The molecule has 1 aliphatic heterocycles. The third kappa shape index (κ3) is 7.62. The van der Waals surface area contributed by atoms with Crippen molar-refractivity contribution in [3.8, 4) is 17.2 Å². The lowest BCUT2D eigenvalue weighted by atomic mass is 9.55. The number of fused-ring (bicyclic) bond motifs is 2. The molecule has 2 aromatic carbocycles. The van der Waals surface area contributed by atoms with E-state index in [9.17, 15) is 15.0 Å². The molecule has 51 heavy (non-hydrogen) atoms. The van der Waals surface area contributed by atoms with E-state index in [1.165, 1.54) is 5.56 Å². The van der Waals surface area contributed by atoms with Crippen molar-refractivity contribution in [2.75, 3.05) is 33.5 Å². The van der Waals surface area contributed by atoms with Crippen LogP contribution in [0.4, 0.5) is 0 Å². The van der Waals surface area contributed by atoms with Crippen LogP contribution < -0.4 is 9.47 Å². The molecule has 0 bridgehead atoms. The second kappa shape index (κ2) is 16.3. The van der Waals surface area contributed by atoms with Crippen LogP contribution in [0.5, 0.6) is 17.2 Å². The smallest absolute Gasteiger partial charge is 0.239 e. The molecule has 2 fully saturated rings. The van der Waals surface area contributed by atoms with Crippen molar-refractivity contribution in [3.63, 3.8) is 0 Å². The minimum Gasteiger partial charge on any atom is -0.459 e. The van der Waals surface area contributed by atoms with Gasteiger partial charge >= 0.3 is 0 Å². The van der Waals surface area contributed by atoms with Crippen LogP contribution in [-0.4, -0.2) is 72.0 Å². The lowest BCUT2D eigenvalue weighted by Crippen LogP contribution is -2.69. The third-order valence-electron chi connectivity index (χ3n) is 11.4. The fraction of sp³-hybridized carbons (Fsp3) is 0.571. The van der Waals surface area contributed by atoms with Gasteiger partial charge in [0.05, 0.1) is 18.2 Å². The average molecular weight is 701 g/mol. The molecule has 6 atom stereocenters.